The van der Waals surface area contributed by atoms with Crippen LogP contribution in [-0.4, -0.2) is 17.4 Å². The Labute approximate surface area is 155 Å². The molecule has 3 aromatic carbocycles. The molecule has 27 heavy (non-hydrogen) atoms. The minimum absolute atomic E-state index is 0.0398. The maximum absolute atomic E-state index is 11.9. The average Bonchev–Trinajstić information content (AvgIpc) is 2.69. The molecule has 7 nitrogen and oxygen atoms in total. The molecule has 0 saturated heterocycles. The summed E-state index contributed by atoms with van der Waals surface area (Å²) in [5.41, 5.74) is 0.419. The lowest BCUT2D eigenvalue weighted by atomic mass is 10.3. The van der Waals surface area contributed by atoms with Gasteiger partial charge in [0.2, 0.25) is 0 Å². The van der Waals surface area contributed by atoms with Gasteiger partial charge in [-0.05, 0) is 48.5 Å². The molecule has 1 N–H and O–H groups in total. The zero-order valence-corrected chi connectivity index (χ0v) is 14.2. The van der Waals surface area contributed by atoms with Crippen LogP contribution in [0.15, 0.2) is 78.9 Å². The lowest BCUT2D eigenvalue weighted by molar-refractivity contribution is -0.384. The van der Waals surface area contributed by atoms with Crippen molar-refractivity contribution < 1.29 is 19.2 Å². The second-order valence-electron chi connectivity index (χ2n) is 5.53. The molecule has 136 valence electrons. The number of carbonyl (C=O) groups excluding carboxylic acids is 1. The van der Waals surface area contributed by atoms with Gasteiger partial charge in [-0.1, -0.05) is 18.2 Å². The summed E-state index contributed by atoms with van der Waals surface area (Å²) in [6, 6.07) is 21.9. The summed E-state index contributed by atoms with van der Waals surface area (Å²) in [5, 5.41) is 13.2. The maximum atomic E-state index is 11.9. The van der Waals surface area contributed by atoms with Crippen LogP contribution >= 0.6 is 0 Å². The van der Waals surface area contributed by atoms with E-state index in [2.05, 4.69) is 5.32 Å². The predicted molar refractivity (Wildman–Crippen MR) is 100 cm³/mol. The second-order valence-corrected chi connectivity index (χ2v) is 5.53. The molecule has 3 rings (SSSR count). The SMILES string of the molecule is O=C(COc1ccc(Oc2ccccc2)cc1)Nc1ccc([N+](=O)[O-])cc1. The number of carbonyl (C=O) groups is 1. The Balaban J connectivity index is 1.49. The molecule has 0 saturated carbocycles. The number of hydrogen-bond donors (Lipinski definition) is 1. The number of non-ortho nitro benzene ring substituents is 1. The van der Waals surface area contributed by atoms with E-state index >= 15 is 0 Å². The summed E-state index contributed by atoms with van der Waals surface area (Å²) >= 11 is 0. The number of ether oxygens (including phenoxy) is 2. The first kappa shape index (κ1) is 17.9. The Morgan fingerprint density at radius 3 is 2.07 bits per heavy atom. The van der Waals surface area contributed by atoms with E-state index in [0.717, 1.165) is 5.75 Å². The molecular weight excluding hydrogens is 348 g/mol. The van der Waals surface area contributed by atoms with Gasteiger partial charge >= 0.3 is 0 Å². The smallest absolute Gasteiger partial charge is 0.269 e. The third-order valence-electron chi connectivity index (χ3n) is 3.53. The highest BCUT2D eigenvalue weighted by molar-refractivity contribution is 5.91. The van der Waals surface area contributed by atoms with E-state index < -0.39 is 4.92 Å². The fraction of sp³-hybridized carbons (Fsp3) is 0.0500. The summed E-state index contributed by atoms with van der Waals surface area (Å²) in [7, 11) is 0. The molecule has 0 atom stereocenters. The normalized spacial score (nSPS) is 10.1. The van der Waals surface area contributed by atoms with E-state index in [1.54, 1.807) is 24.3 Å². The van der Waals surface area contributed by atoms with Gasteiger partial charge < -0.3 is 14.8 Å². The van der Waals surface area contributed by atoms with Gasteiger partial charge in [-0.3, -0.25) is 14.9 Å². The maximum Gasteiger partial charge on any atom is 0.269 e. The largest absolute Gasteiger partial charge is 0.484 e. The minimum Gasteiger partial charge on any atom is -0.484 e. The number of nitrogens with one attached hydrogen (secondary N) is 1. The Morgan fingerprint density at radius 2 is 1.44 bits per heavy atom. The first-order valence-corrected chi connectivity index (χ1v) is 8.10. The van der Waals surface area contributed by atoms with Crippen LogP contribution in [0.1, 0.15) is 0 Å². The number of benzene rings is 3. The number of rotatable bonds is 7. The van der Waals surface area contributed by atoms with Crippen LogP contribution in [0.3, 0.4) is 0 Å². The first-order chi connectivity index (χ1) is 13.1. The zero-order valence-electron chi connectivity index (χ0n) is 14.2. The van der Waals surface area contributed by atoms with Crippen LogP contribution in [-0.2, 0) is 4.79 Å². The van der Waals surface area contributed by atoms with Crippen LogP contribution in [0.2, 0.25) is 0 Å². The third-order valence-corrected chi connectivity index (χ3v) is 3.53. The monoisotopic (exact) mass is 364 g/mol. The molecule has 0 spiro atoms. The van der Waals surface area contributed by atoms with Crippen molar-refractivity contribution in [3.05, 3.63) is 89.0 Å². The lowest BCUT2D eigenvalue weighted by Gasteiger charge is -2.09. The summed E-state index contributed by atoms with van der Waals surface area (Å²) in [6.07, 6.45) is 0. The third kappa shape index (κ3) is 5.30. The molecule has 0 fully saturated rings. The molecule has 0 radical (unpaired) electrons. The van der Waals surface area contributed by atoms with Crippen LogP contribution in [0.4, 0.5) is 11.4 Å². The van der Waals surface area contributed by atoms with E-state index in [1.807, 2.05) is 30.3 Å². The van der Waals surface area contributed by atoms with Crippen molar-refractivity contribution in [2.45, 2.75) is 0 Å². The molecule has 0 aliphatic carbocycles. The van der Waals surface area contributed by atoms with Crippen molar-refractivity contribution >= 4 is 17.3 Å². The summed E-state index contributed by atoms with van der Waals surface area (Å²) in [4.78, 5) is 22.0. The summed E-state index contributed by atoms with van der Waals surface area (Å²) in [6.45, 7) is -0.185. The standard InChI is InChI=1S/C20H16N2O5/c23-20(21-15-6-8-16(9-7-15)22(24)25)14-26-17-10-12-19(13-11-17)27-18-4-2-1-3-5-18/h1-13H,14H2,(H,21,23). The van der Waals surface area contributed by atoms with Gasteiger partial charge in [-0.25, -0.2) is 0 Å². The molecule has 0 aromatic heterocycles. The highest BCUT2D eigenvalue weighted by Crippen LogP contribution is 2.23. The van der Waals surface area contributed by atoms with E-state index in [9.17, 15) is 14.9 Å². The fourth-order valence-electron chi connectivity index (χ4n) is 2.24. The van der Waals surface area contributed by atoms with Crippen molar-refractivity contribution in [3.63, 3.8) is 0 Å². The van der Waals surface area contributed by atoms with Gasteiger partial charge in [0.05, 0.1) is 4.92 Å². The van der Waals surface area contributed by atoms with E-state index in [-0.39, 0.29) is 18.2 Å². The molecule has 0 bridgehead atoms. The van der Waals surface area contributed by atoms with Crippen LogP contribution in [0.25, 0.3) is 0 Å². The average molecular weight is 364 g/mol. The van der Waals surface area contributed by atoms with Gasteiger partial charge in [0, 0.05) is 17.8 Å². The Hall–Kier alpha value is -3.87. The number of nitro benzene ring substituents is 1. The number of para-hydroxylation sites is 1. The molecule has 7 heteroatoms. The van der Waals surface area contributed by atoms with Gasteiger partial charge in [0.1, 0.15) is 17.2 Å². The highest BCUT2D eigenvalue weighted by Gasteiger charge is 2.07. The van der Waals surface area contributed by atoms with Crippen molar-refractivity contribution in [2.24, 2.45) is 0 Å². The van der Waals surface area contributed by atoms with Crippen molar-refractivity contribution in [1.82, 2.24) is 0 Å². The predicted octanol–water partition coefficient (Wildman–Crippen LogP) is 4.40. The molecule has 1 amide bonds. The van der Waals surface area contributed by atoms with Crippen molar-refractivity contribution in [1.29, 1.82) is 0 Å². The topological polar surface area (TPSA) is 90.7 Å². The molecule has 0 heterocycles. The summed E-state index contributed by atoms with van der Waals surface area (Å²) in [5.74, 6) is 1.54. The highest BCUT2D eigenvalue weighted by atomic mass is 16.6. The number of hydrogen-bond acceptors (Lipinski definition) is 5. The van der Waals surface area contributed by atoms with E-state index in [0.29, 0.717) is 17.2 Å². The number of amides is 1. The first-order valence-electron chi connectivity index (χ1n) is 8.10. The Bertz CT molecular complexity index is 909. The van der Waals surface area contributed by atoms with Gasteiger partial charge in [-0.15, -0.1) is 0 Å². The molecule has 0 unspecified atom stereocenters. The Morgan fingerprint density at radius 1 is 0.852 bits per heavy atom. The van der Waals surface area contributed by atoms with Gasteiger partial charge in [0.15, 0.2) is 6.61 Å². The molecule has 0 aliphatic heterocycles. The van der Waals surface area contributed by atoms with E-state index in [1.165, 1.54) is 24.3 Å². The van der Waals surface area contributed by atoms with Gasteiger partial charge in [0.25, 0.3) is 11.6 Å². The van der Waals surface area contributed by atoms with Gasteiger partial charge in [-0.2, -0.15) is 0 Å². The Kier molecular flexibility index (Phi) is 5.64. The minimum atomic E-state index is -0.500. The zero-order chi connectivity index (χ0) is 19.1. The van der Waals surface area contributed by atoms with E-state index in [4.69, 9.17) is 9.47 Å². The molecular formula is C20H16N2O5. The number of nitrogens with zero attached hydrogens (tertiary/aromatic N) is 1. The van der Waals surface area contributed by atoms with Crippen LogP contribution in [0.5, 0.6) is 17.2 Å². The number of anilines is 1. The van der Waals surface area contributed by atoms with Crippen molar-refractivity contribution in [3.8, 4) is 17.2 Å². The quantitative estimate of drug-likeness (QED) is 0.495. The van der Waals surface area contributed by atoms with Crippen molar-refractivity contribution in [2.75, 3.05) is 11.9 Å². The molecule has 0 aliphatic rings. The van der Waals surface area contributed by atoms with Crippen LogP contribution < -0.4 is 14.8 Å². The second kappa shape index (κ2) is 8.48. The fourth-order valence-corrected chi connectivity index (χ4v) is 2.24. The number of nitro groups is 1. The summed E-state index contributed by atoms with van der Waals surface area (Å²) < 4.78 is 11.1. The molecule has 3 aromatic rings. The van der Waals surface area contributed by atoms with Crippen LogP contribution in [0, 0.1) is 10.1 Å². The lowest BCUT2D eigenvalue weighted by Crippen LogP contribution is -2.20.